The molecule has 0 aromatic carbocycles. The molecule has 1 saturated heterocycles. The molecule has 1 fully saturated rings. The number of piperidine rings is 1. The molecule has 0 atom stereocenters. The third-order valence-corrected chi connectivity index (χ3v) is 3.69. The normalized spacial score (nSPS) is 17.1. The average molecular weight is 301 g/mol. The van der Waals surface area contributed by atoms with Gasteiger partial charge in [-0.25, -0.2) is 9.69 Å². The summed E-state index contributed by atoms with van der Waals surface area (Å²) in [6, 6.07) is 0. The van der Waals surface area contributed by atoms with Crippen molar-refractivity contribution in [2.75, 3.05) is 18.5 Å². The van der Waals surface area contributed by atoms with Crippen LogP contribution in [0.2, 0.25) is 0 Å². The fourth-order valence-electron chi connectivity index (χ4n) is 1.94. The molecule has 1 aromatic heterocycles. The lowest BCUT2D eigenvalue weighted by Crippen LogP contribution is -2.36. The fraction of sp³-hybridized carbons (Fsp3) is 0.636. The van der Waals surface area contributed by atoms with E-state index >= 15 is 0 Å². The van der Waals surface area contributed by atoms with Crippen LogP contribution in [0.25, 0.3) is 0 Å². The lowest BCUT2D eigenvalue weighted by Gasteiger charge is -2.28. The summed E-state index contributed by atoms with van der Waals surface area (Å²) in [7, 11) is 0. The molecule has 0 unspecified atom stereocenters. The highest BCUT2D eigenvalue weighted by Gasteiger charge is 2.13. The van der Waals surface area contributed by atoms with Crippen molar-refractivity contribution in [1.29, 1.82) is 0 Å². The van der Waals surface area contributed by atoms with Gasteiger partial charge in [0.25, 0.3) is 5.56 Å². The SMILES string of the molecule is CCn1ncc(NN2CCCCC2)c(Br)c1=O. The maximum absolute atomic E-state index is 11.9. The molecule has 94 valence electrons. The molecular formula is C11H17BrN4O. The number of aryl methyl sites for hydroxylation is 1. The molecule has 5 nitrogen and oxygen atoms in total. The average Bonchev–Trinajstić information content (AvgIpc) is 2.37. The number of halogens is 1. The van der Waals surface area contributed by atoms with Crippen molar-refractivity contribution < 1.29 is 0 Å². The number of rotatable bonds is 3. The summed E-state index contributed by atoms with van der Waals surface area (Å²) in [6.45, 7) is 4.52. The number of hydrogen-bond donors (Lipinski definition) is 1. The van der Waals surface area contributed by atoms with Gasteiger partial charge in [-0.3, -0.25) is 4.79 Å². The van der Waals surface area contributed by atoms with Gasteiger partial charge in [-0.2, -0.15) is 5.10 Å². The highest BCUT2D eigenvalue weighted by molar-refractivity contribution is 9.10. The molecule has 1 N–H and O–H groups in total. The Kier molecular flexibility index (Phi) is 4.17. The van der Waals surface area contributed by atoms with Crippen molar-refractivity contribution in [2.45, 2.75) is 32.7 Å². The molecule has 0 spiro atoms. The van der Waals surface area contributed by atoms with E-state index < -0.39 is 0 Å². The van der Waals surface area contributed by atoms with Crippen LogP contribution < -0.4 is 11.0 Å². The molecule has 0 aliphatic carbocycles. The molecule has 1 aliphatic heterocycles. The van der Waals surface area contributed by atoms with Crippen LogP contribution >= 0.6 is 15.9 Å². The summed E-state index contributed by atoms with van der Waals surface area (Å²) >= 11 is 3.34. The Bertz CT molecular complexity index is 440. The first-order valence-electron chi connectivity index (χ1n) is 5.99. The molecule has 1 aliphatic rings. The predicted molar refractivity (Wildman–Crippen MR) is 70.9 cm³/mol. The topological polar surface area (TPSA) is 50.2 Å². The van der Waals surface area contributed by atoms with Crippen molar-refractivity contribution in [3.05, 3.63) is 21.0 Å². The van der Waals surface area contributed by atoms with E-state index in [1.807, 2.05) is 6.92 Å². The lowest BCUT2D eigenvalue weighted by atomic mass is 10.2. The maximum Gasteiger partial charge on any atom is 0.283 e. The molecule has 6 heteroatoms. The van der Waals surface area contributed by atoms with Crippen LogP contribution in [0.3, 0.4) is 0 Å². The Morgan fingerprint density at radius 1 is 1.41 bits per heavy atom. The van der Waals surface area contributed by atoms with Crippen molar-refractivity contribution in [1.82, 2.24) is 14.8 Å². The zero-order chi connectivity index (χ0) is 12.3. The number of anilines is 1. The molecule has 0 saturated carbocycles. The van der Waals surface area contributed by atoms with Crippen LogP contribution in [-0.4, -0.2) is 27.9 Å². The predicted octanol–water partition coefficient (Wildman–Crippen LogP) is 1.84. The summed E-state index contributed by atoms with van der Waals surface area (Å²) in [6.07, 6.45) is 5.38. The van der Waals surface area contributed by atoms with Crippen LogP contribution in [0, 0.1) is 0 Å². The van der Waals surface area contributed by atoms with Gasteiger partial charge in [0.05, 0.1) is 11.9 Å². The minimum absolute atomic E-state index is 0.0884. The van der Waals surface area contributed by atoms with Crippen molar-refractivity contribution in [3.8, 4) is 0 Å². The van der Waals surface area contributed by atoms with Crippen LogP contribution in [0.15, 0.2) is 15.5 Å². The smallest absolute Gasteiger partial charge is 0.283 e. The Morgan fingerprint density at radius 3 is 2.76 bits per heavy atom. The Balaban J connectivity index is 2.15. The number of aromatic nitrogens is 2. The second-order valence-corrected chi connectivity index (χ2v) is 4.95. The van der Waals surface area contributed by atoms with E-state index in [0.29, 0.717) is 11.0 Å². The zero-order valence-corrected chi connectivity index (χ0v) is 11.5. The second-order valence-electron chi connectivity index (χ2n) is 4.15. The molecule has 2 heterocycles. The summed E-state index contributed by atoms with van der Waals surface area (Å²) in [4.78, 5) is 11.9. The quantitative estimate of drug-likeness (QED) is 0.925. The van der Waals surface area contributed by atoms with E-state index in [4.69, 9.17) is 0 Å². The molecule has 0 amide bonds. The first-order valence-corrected chi connectivity index (χ1v) is 6.79. The maximum atomic E-state index is 11.9. The fourth-order valence-corrected chi connectivity index (χ4v) is 2.34. The summed E-state index contributed by atoms with van der Waals surface area (Å²) in [5.74, 6) is 0. The lowest BCUT2D eigenvalue weighted by molar-refractivity contribution is 0.273. The van der Waals surface area contributed by atoms with Crippen molar-refractivity contribution in [2.24, 2.45) is 0 Å². The summed E-state index contributed by atoms with van der Waals surface area (Å²) in [5, 5.41) is 6.25. The highest BCUT2D eigenvalue weighted by atomic mass is 79.9. The number of hydrazine groups is 1. The number of hydrogen-bond acceptors (Lipinski definition) is 4. The van der Waals surface area contributed by atoms with Gasteiger partial charge in [-0.1, -0.05) is 6.42 Å². The van der Waals surface area contributed by atoms with Crippen LogP contribution in [0.4, 0.5) is 5.69 Å². The summed E-state index contributed by atoms with van der Waals surface area (Å²) in [5.41, 5.74) is 3.91. The highest BCUT2D eigenvalue weighted by Crippen LogP contribution is 2.18. The Hall–Kier alpha value is -0.880. The van der Waals surface area contributed by atoms with Crippen molar-refractivity contribution >= 4 is 21.6 Å². The van der Waals surface area contributed by atoms with Gasteiger partial charge in [-0.05, 0) is 35.7 Å². The van der Waals surface area contributed by atoms with Gasteiger partial charge in [-0.15, -0.1) is 0 Å². The van der Waals surface area contributed by atoms with Gasteiger partial charge in [0, 0.05) is 19.6 Å². The van der Waals surface area contributed by atoms with E-state index in [9.17, 15) is 4.79 Å². The molecule has 2 rings (SSSR count). The molecule has 0 radical (unpaired) electrons. The third-order valence-electron chi connectivity index (χ3n) is 2.92. The van der Waals surface area contributed by atoms with Crippen LogP contribution in [0.1, 0.15) is 26.2 Å². The third kappa shape index (κ3) is 2.87. The molecule has 0 bridgehead atoms. The molecule has 17 heavy (non-hydrogen) atoms. The standard InChI is InChI=1S/C11H17BrN4O/c1-2-16-11(17)10(12)9(8-13-16)14-15-6-4-3-5-7-15/h8,14H,2-7H2,1H3. The second kappa shape index (κ2) is 5.64. The van der Waals surface area contributed by atoms with E-state index in [1.54, 1.807) is 6.20 Å². The monoisotopic (exact) mass is 300 g/mol. The van der Waals surface area contributed by atoms with Crippen LogP contribution in [0.5, 0.6) is 0 Å². The Morgan fingerprint density at radius 2 is 2.12 bits per heavy atom. The van der Waals surface area contributed by atoms with E-state index in [1.165, 1.54) is 23.9 Å². The summed E-state index contributed by atoms with van der Waals surface area (Å²) < 4.78 is 1.99. The Labute approximate surface area is 109 Å². The van der Waals surface area contributed by atoms with Gasteiger partial charge in [0.2, 0.25) is 0 Å². The van der Waals surface area contributed by atoms with E-state index in [-0.39, 0.29) is 5.56 Å². The minimum Gasteiger partial charge on any atom is -0.316 e. The first kappa shape index (κ1) is 12.6. The van der Waals surface area contributed by atoms with Gasteiger partial charge in [0.15, 0.2) is 0 Å². The zero-order valence-electron chi connectivity index (χ0n) is 9.95. The molecular weight excluding hydrogens is 284 g/mol. The van der Waals surface area contributed by atoms with E-state index in [0.717, 1.165) is 18.8 Å². The van der Waals surface area contributed by atoms with Gasteiger partial charge < -0.3 is 5.43 Å². The van der Waals surface area contributed by atoms with E-state index in [2.05, 4.69) is 31.5 Å². The van der Waals surface area contributed by atoms with Crippen molar-refractivity contribution in [3.63, 3.8) is 0 Å². The van der Waals surface area contributed by atoms with Gasteiger partial charge >= 0.3 is 0 Å². The first-order chi connectivity index (χ1) is 8.22. The number of nitrogens with one attached hydrogen (secondary N) is 1. The minimum atomic E-state index is -0.0884. The number of nitrogens with zero attached hydrogens (tertiary/aromatic N) is 3. The van der Waals surface area contributed by atoms with Gasteiger partial charge in [0.1, 0.15) is 4.47 Å². The molecule has 1 aromatic rings. The largest absolute Gasteiger partial charge is 0.316 e. The van der Waals surface area contributed by atoms with Crippen LogP contribution in [-0.2, 0) is 6.54 Å².